The molecule has 0 heterocycles. The Morgan fingerprint density at radius 2 is 1.95 bits per heavy atom. The van der Waals surface area contributed by atoms with Crippen molar-refractivity contribution in [3.05, 3.63) is 64.4 Å². The molecule has 1 unspecified atom stereocenters. The van der Waals surface area contributed by atoms with E-state index in [9.17, 15) is 9.50 Å². The van der Waals surface area contributed by atoms with E-state index in [0.717, 1.165) is 0 Å². The number of aliphatic hydroxyl groups is 1. The molecule has 1 atom stereocenters. The highest BCUT2D eigenvalue weighted by molar-refractivity contribution is 6.33. The monoisotopic (exact) mass is 290 g/mol. The van der Waals surface area contributed by atoms with Gasteiger partial charge < -0.3 is 10.4 Å². The number of benzene rings is 2. The number of rotatable bonds is 4. The van der Waals surface area contributed by atoms with E-state index in [1.807, 2.05) is 6.07 Å². The molecule has 2 aromatic carbocycles. The van der Waals surface area contributed by atoms with E-state index in [4.69, 9.17) is 16.9 Å². The Balaban J connectivity index is 2.00. The number of nitrogens with zero attached hydrogens (tertiary/aromatic N) is 1. The highest BCUT2D eigenvalue weighted by Crippen LogP contribution is 2.23. The minimum absolute atomic E-state index is 0.233. The molecular formula is C15H12ClFN2O. The van der Waals surface area contributed by atoms with Crippen LogP contribution < -0.4 is 5.32 Å². The van der Waals surface area contributed by atoms with E-state index in [1.165, 1.54) is 18.2 Å². The highest BCUT2D eigenvalue weighted by Gasteiger charge is 2.09. The van der Waals surface area contributed by atoms with Crippen molar-refractivity contribution >= 4 is 17.3 Å². The van der Waals surface area contributed by atoms with Crippen LogP contribution in [0.1, 0.15) is 17.2 Å². The average Bonchev–Trinajstić information content (AvgIpc) is 2.46. The molecule has 2 rings (SSSR count). The van der Waals surface area contributed by atoms with Gasteiger partial charge in [0.25, 0.3) is 0 Å². The van der Waals surface area contributed by atoms with E-state index >= 15 is 0 Å². The van der Waals surface area contributed by atoms with Crippen molar-refractivity contribution < 1.29 is 9.50 Å². The number of hydrogen-bond donors (Lipinski definition) is 2. The van der Waals surface area contributed by atoms with Crippen molar-refractivity contribution in [1.82, 2.24) is 0 Å². The minimum Gasteiger partial charge on any atom is -0.387 e. The second kappa shape index (κ2) is 6.38. The van der Waals surface area contributed by atoms with Crippen molar-refractivity contribution in [1.29, 1.82) is 5.26 Å². The van der Waals surface area contributed by atoms with E-state index in [2.05, 4.69) is 5.32 Å². The molecule has 0 saturated heterocycles. The van der Waals surface area contributed by atoms with Gasteiger partial charge in [-0.25, -0.2) is 4.39 Å². The molecule has 0 fully saturated rings. The molecule has 0 spiro atoms. The number of nitriles is 1. The van der Waals surface area contributed by atoms with Gasteiger partial charge in [-0.15, -0.1) is 0 Å². The van der Waals surface area contributed by atoms with Gasteiger partial charge in [0.05, 0.1) is 28.4 Å². The summed E-state index contributed by atoms with van der Waals surface area (Å²) in [7, 11) is 0. The van der Waals surface area contributed by atoms with Gasteiger partial charge in [-0.3, -0.25) is 0 Å². The Labute approximate surface area is 121 Å². The molecule has 0 saturated carbocycles. The smallest absolute Gasteiger partial charge is 0.124 e. The summed E-state index contributed by atoms with van der Waals surface area (Å²) in [5.74, 6) is -0.409. The van der Waals surface area contributed by atoms with Gasteiger partial charge in [-0.2, -0.15) is 5.26 Å². The van der Waals surface area contributed by atoms with Crippen molar-refractivity contribution in [3.8, 4) is 6.07 Å². The molecular weight excluding hydrogens is 279 g/mol. The summed E-state index contributed by atoms with van der Waals surface area (Å²) in [5, 5.41) is 21.9. The molecule has 3 nitrogen and oxygen atoms in total. The van der Waals surface area contributed by atoms with Crippen LogP contribution in [0.25, 0.3) is 0 Å². The SMILES string of the molecule is N#Cc1ccc(C(O)CNc2ccc(F)cc2Cl)cc1. The normalized spacial score (nSPS) is 11.7. The molecule has 0 aliphatic heterocycles. The van der Waals surface area contributed by atoms with Crippen LogP contribution in [-0.2, 0) is 0 Å². The van der Waals surface area contributed by atoms with Gasteiger partial charge in [0.1, 0.15) is 5.82 Å². The predicted molar refractivity (Wildman–Crippen MR) is 76.0 cm³/mol. The zero-order chi connectivity index (χ0) is 14.5. The van der Waals surface area contributed by atoms with Crippen LogP contribution in [0.2, 0.25) is 5.02 Å². The number of hydrogen-bond acceptors (Lipinski definition) is 3. The first kappa shape index (κ1) is 14.3. The Bertz CT molecular complexity index is 637. The van der Waals surface area contributed by atoms with E-state index < -0.39 is 11.9 Å². The largest absolute Gasteiger partial charge is 0.387 e. The zero-order valence-corrected chi connectivity index (χ0v) is 11.2. The summed E-state index contributed by atoms with van der Waals surface area (Å²) < 4.78 is 12.9. The first-order valence-corrected chi connectivity index (χ1v) is 6.35. The molecule has 0 bridgehead atoms. The maximum absolute atomic E-state index is 12.9. The van der Waals surface area contributed by atoms with Crippen LogP contribution in [0, 0.1) is 17.1 Å². The van der Waals surface area contributed by atoms with E-state index in [1.54, 1.807) is 24.3 Å². The summed E-state index contributed by atoms with van der Waals surface area (Å²) in [6.45, 7) is 0.233. The zero-order valence-electron chi connectivity index (χ0n) is 10.5. The lowest BCUT2D eigenvalue weighted by Gasteiger charge is -2.14. The molecule has 102 valence electrons. The fourth-order valence-electron chi connectivity index (χ4n) is 1.74. The van der Waals surface area contributed by atoms with Crippen molar-refractivity contribution in [2.75, 3.05) is 11.9 Å². The standard InChI is InChI=1S/C15H12ClFN2O/c16-13-7-12(17)5-6-14(13)19-9-15(20)11-3-1-10(8-18)2-4-11/h1-7,15,19-20H,9H2. The fourth-order valence-corrected chi connectivity index (χ4v) is 1.97. The molecule has 2 aromatic rings. The van der Waals surface area contributed by atoms with E-state index in [0.29, 0.717) is 16.8 Å². The third kappa shape index (κ3) is 3.47. The Morgan fingerprint density at radius 1 is 1.25 bits per heavy atom. The highest BCUT2D eigenvalue weighted by atomic mass is 35.5. The first-order valence-electron chi connectivity index (χ1n) is 5.97. The molecule has 0 amide bonds. The second-order valence-corrected chi connectivity index (χ2v) is 4.66. The van der Waals surface area contributed by atoms with Gasteiger partial charge in [0.2, 0.25) is 0 Å². The number of aliphatic hydroxyl groups excluding tert-OH is 1. The molecule has 0 radical (unpaired) electrons. The van der Waals surface area contributed by atoms with Crippen molar-refractivity contribution in [3.63, 3.8) is 0 Å². The van der Waals surface area contributed by atoms with Crippen molar-refractivity contribution in [2.45, 2.75) is 6.10 Å². The third-order valence-electron chi connectivity index (χ3n) is 2.84. The van der Waals surface area contributed by atoms with Gasteiger partial charge in [0, 0.05) is 6.54 Å². The summed E-state index contributed by atoms with van der Waals surface area (Å²) >= 11 is 5.88. The second-order valence-electron chi connectivity index (χ2n) is 4.25. The first-order chi connectivity index (χ1) is 9.60. The summed E-state index contributed by atoms with van der Waals surface area (Å²) in [4.78, 5) is 0. The summed E-state index contributed by atoms with van der Waals surface area (Å²) in [5.41, 5.74) is 1.78. The van der Waals surface area contributed by atoms with E-state index in [-0.39, 0.29) is 11.6 Å². The summed E-state index contributed by atoms with van der Waals surface area (Å²) in [6.07, 6.45) is -0.746. The quantitative estimate of drug-likeness (QED) is 0.906. The Morgan fingerprint density at radius 3 is 2.55 bits per heavy atom. The van der Waals surface area contributed by atoms with Crippen LogP contribution in [0.5, 0.6) is 0 Å². The van der Waals surface area contributed by atoms with Gasteiger partial charge in [0.15, 0.2) is 0 Å². The van der Waals surface area contributed by atoms with Gasteiger partial charge >= 0.3 is 0 Å². The van der Waals surface area contributed by atoms with Crippen LogP contribution in [0.3, 0.4) is 0 Å². The molecule has 0 aliphatic carbocycles. The molecule has 0 aliphatic rings. The van der Waals surface area contributed by atoms with Crippen LogP contribution in [0.15, 0.2) is 42.5 Å². The molecule has 2 N–H and O–H groups in total. The van der Waals surface area contributed by atoms with Crippen LogP contribution in [0.4, 0.5) is 10.1 Å². The lowest BCUT2D eigenvalue weighted by atomic mass is 10.1. The fraction of sp³-hybridized carbons (Fsp3) is 0.133. The molecule has 5 heteroatoms. The third-order valence-corrected chi connectivity index (χ3v) is 3.15. The Hall–Kier alpha value is -2.09. The average molecular weight is 291 g/mol. The topological polar surface area (TPSA) is 56.0 Å². The lowest BCUT2D eigenvalue weighted by Crippen LogP contribution is -2.12. The maximum Gasteiger partial charge on any atom is 0.124 e. The number of nitrogens with one attached hydrogen (secondary N) is 1. The van der Waals surface area contributed by atoms with Gasteiger partial charge in [-0.1, -0.05) is 23.7 Å². The summed E-state index contributed by atoms with van der Waals surface area (Å²) in [6, 6.07) is 12.7. The lowest BCUT2D eigenvalue weighted by molar-refractivity contribution is 0.191. The predicted octanol–water partition coefficient (Wildman–Crippen LogP) is 3.50. The molecule has 0 aromatic heterocycles. The minimum atomic E-state index is -0.746. The van der Waals surface area contributed by atoms with Crippen LogP contribution in [-0.4, -0.2) is 11.7 Å². The number of anilines is 1. The molecule has 20 heavy (non-hydrogen) atoms. The Kier molecular flexibility index (Phi) is 4.57. The maximum atomic E-state index is 12.9. The van der Waals surface area contributed by atoms with Crippen LogP contribution >= 0.6 is 11.6 Å². The van der Waals surface area contributed by atoms with Gasteiger partial charge in [-0.05, 0) is 35.9 Å². The number of halogens is 2. The van der Waals surface area contributed by atoms with Crippen molar-refractivity contribution in [2.24, 2.45) is 0 Å².